The fourth-order valence-corrected chi connectivity index (χ4v) is 4.58. The Labute approximate surface area is 153 Å². The number of amides is 2. The van der Waals surface area contributed by atoms with Crippen molar-refractivity contribution < 1.29 is 9.59 Å². The minimum absolute atomic E-state index is 0.0121. The summed E-state index contributed by atoms with van der Waals surface area (Å²) in [7, 11) is 3.79. The van der Waals surface area contributed by atoms with Gasteiger partial charge in [0.2, 0.25) is 5.91 Å². The van der Waals surface area contributed by atoms with Gasteiger partial charge in [0, 0.05) is 37.5 Å². The zero-order valence-electron chi connectivity index (χ0n) is 15.2. The van der Waals surface area contributed by atoms with Crippen LogP contribution in [-0.4, -0.2) is 78.3 Å². The van der Waals surface area contributed by atoms with Crippen molar-refractivity contribution in [3.05, 3.63) is 16.1 Å². The molecule has 0 aromatic carbocycles. The molecule has 3 rings (SSSR count). The first kappa shape index (κ1) is 18.3. The molecule has 1 saturated carbocycles. The highest BCUT2D eigenvalue weighted by Gasteiger charge is 2.27. The highest BCUT2D eigenvalue weighted by atomic mass is 32.1. The van der Waals surface area contributed by atoms with Crippen molar-refractivity contribution in [1.82, 2.24) is 19.7 Å². The largest absolute Gasteiger partial charge is 0.338 e. The zero-order chi connectivity index (χ0) is 17.8. The van der Waals surface area contributed by atoms with Gasteiger partial charge in [0.1, 0.15) is 5.69 Å². The van der Waals surface area contributed by atoms with E-state index in [1.807, 2.05) is 34.2 Å². The van der Waals surface area contributed by atoms with Crippen LogP contribution in [0.5, 0.6) is 0 Å². The third kappa shape index (κ3) is 4.58. The number of likely N-dealkylation sites (N-methyl/N-ethyl adjacent to an activating group) is 1. The topological polar surface area (TPSA) is 56.8 Å². The summed E-state index contributed by atoms with van der Waals surface area (Å²) in [6.07, 6.45) is 6.28. The van der Waals surface area contributed by atoms with E-state index in [-0.39, 0.29) is 11.8 Å². The third-order valence-electron chi connectivity index (χ3n) is 5.07. The van der Waals surface area contributed by atoms with Crippen molar-refractivity contribution in [2.45, 2.75) is 38.0 Å². The maximum absolute atomic E-state index is 12.7. The minimum atomic E-state index is 0.0121. The number of carbonyl (C=O) groups excluding carboxylic acids is 2. The average Bonchev–Trinajstić information content (AvgIpc) is 3.11. The highest BCUT2D eigenvalue weighted by molar-refractivity contribution is 7.09. The van der Waals surface area contributed by atoms with E-state index in [0.29, 0.717) is 44.3 Å². The summed E-state index contributed by atoms with van der Waals surface area (Å²) in [5.41, 5.74) is 0.582. The van der Waals surface area contributed by atoms with Gasteiger partial charge in [-0.05, 0) is 26.9 Å². The molecule has 1 aromatic heterocycles. The van der Waals surface area contributed by atoms with E-state index in [9.17, 15) is 9.59 Å². The second-order valence-electron chi connectivity index (χ2n) is 7.32. The lowest BCUT2D eigenvalue weighted by Gasteiger charge is -2.35. The number of aromatic nitrogens is 1. The Hall–Kier alpha value is -1.47. The summed E-state index contributed by atoms with van der Waals surface area (Å²) in [5, 5.41) is 3.04. The lowest BCUT2D eigenvalue weighted by atomic mass is 9.90. The summed E-state index contributed by atoms with van der Waals surface area (Å²) in [4.78, 5) is 35.0. The zero-order valence-corrected chi connectivity index (χ0v) is 16.1. The van der Waals surface area contributed by atoms with Crippen LogP contribution in [0.15, 0.2) is 5.38 Å². The maximum atomic E-state index is 12.7. The number of hydrogen-bond donors (Lipinski definition) is 0. The second-order valence-corrected chi connectivity index (χ2v) is 8.21. The number of nitrogens with zero attached hydrogens (tertiary/aromatic N) is 4. The predicted molar refractivity (Wildman–Crippen MR) is 99.0 cm³/mol. The number of rotatable bonds is 4. The average molecular weight is 365 g/mol. The van der Waals surface area contributed by atoms with E-state index in [0.717, 1.165) is 5.01 Å². The van der Waals surface area contributed by atoms with E-state index in [1.165, 1.54) is 32.1 Å². The van der Waals surface area contributed by atoms with E-state index in [1.54, 1.807) is 11.3 Å². The van der Waals surface area contributed by atoms with Crippen LogP contribution >= 0.6 is 11.3 Å². The molecule has 0 atom stereocenters. The van der Waals surface area contributed by atoms with Crippen molar-refractivity contribution in [2.75, 3.05) is 46.8 Å². The molecule has 6 nitrogen and oxygen atoms in total. The number of carbonyl (C=O) groups is 2. The van der Waals surface area contributed by atoms with Gasteiger partial charge < -0.3 is 14.7 Å². The Morgan fingerprint density at radius 2 is 1.76 bits per heavy atom. The summed E-state index contributed by atoms with van der Waals surface area (Å²) in [6.45, 7) is 2.82. The highest BCUT2D eigenvalue weighted by Crippen LogP contribution is 2.34. The van der Waals surface area contributed by atoms with E-state index in [4.69, 9.17) is 0 Å². The van der Waals surface area contributed by atoms with Gasteiger partial charge >= 0.3 is 0 Å². The first-order valence-electron chi connectivity index (χ1n) is 9.22. The van der Waals surface area contributed by atoms with Crippen molar-refractivity contribution in [3.63, 3.8) is 0 Å². The van der Waals surface area contributed by atoms with Gasteiger partial charge in [0.15, 0.2) is 0 Å². The van der Waals surface area contributed by atoms with E-state index in [2.05, 4.69) is 4.98 Å². The molecule has 25 heavy (non-hydrogen) atoms. The normalized spacial score (nSPS) is 19.5. The molecule has 138 valence electrons. The molecule has 7 heteroatoms. The summed E-state index contributed by atoms with van der Waals surface area (Å²) in [6, 6.07) is 0. The van der Waals surface area contributed by atoms with Gasteiger partial charge in [0.25, 0.3) is 5.91 Å². The molecule has 1 aliphatic carbocycles. The Morgan fingerprint density at radius 3 is 2.40 bits per heavy atom. The molecule has 0 bridgehead atoms. The van der Waals surface area contributed by atoms with Crippen LogP contribution in [-0.2, 0) is 4.79 Å². The third-order valence-corrected chi connectivity index (χ3v) is 6.07. The lowest BCUT2D eigenvalue weighted by Crippen LogP contribution is -2.52. The van der Waals surface area contributed by atoms with E-state index < -0.39 is 0 Å². The van der Waals surface area contributed by atoms with Crippen LogP contribution in [0.4, 0.5) is 0 Å². The van der Waals surface area contributed by atoms with E-state index >= 15 is 0 Å². The Bertz CT molecular complexity index is 602. The van der Waals surface area contributed by atoms with Gasteiger partial charge in [-0.1, -0.05) is 19.3 Å². The van der Waals surface area contributed by atoms with Gasteiger partial charge in [-0.15, -0.1) is 11.3 Å². The van der Waals surface area contributed by atoms with Crippen molar-refractivity contribution in [2.24, 2.45) is 0 Å². The van der Waals surface area contributed by atoms with Crippen LogP contribution < -0.4 is 0 Å². The first-order chi connectivity index (χ1) is 12.0. The SMILES string of the molecule is CN(C)CC(=O)N1CCN(C(=O)c2csc(C3CCCCC3)n2)CC1. The van der Waals surface area contributed by atoms with Gasteiger partial charge in [-0.2, -0.15) is 0 Å². The summed E-state index contributed by atoms with van der Waals surface area (Å²) >= 11 is 1.63. The van der Waals surface area contributed by atoms with Gasteiger partial charge in [-0.3, -0.25) is 9.59 Å². The molecule has 2 amide bonds. The molecule has 0 spiro atoms. The Balaban J connectivity index is 1.54. The molecule has 0 N–H and O–H groups in total. The molecule has 1 aromatic rings. The van der Waals surface area contributed by atoms with Crippen LogP contribution in [0.25, 0.3) is 0 Å². The lowest BCUT2D eigenvalue weighted by molar-refractivity contribution is -0.133. The molecule has 0 unspecified atom stereocenters. The van der Waals surface area contributed by atoms with Crippen LogP contribution in [0.3, 0.4) is 0 Å². The molecule has 2 heterocycles. The van der Waals surface area contributed by atoms with Gasteiger partial charge in [-0.25, -0.2) is 4.98 Å². The molecule has 1 saturated heterocycles. The molecule has 0 radical (unpaired) electrons. The monoisotopic (exact) mass is 364 g/mol. The predicted octanol–water partition coefficient (Wildman–Crippen LogP) is 2.04. The fourth-order valence-electron chi connectivity index (χ4n) is 3.61. The van der Waals surface area contributed by atoms with Crippen molar-refractivity contribution in [1.29, 1.82) is 0 Å². The smallest absolute Gasteiger partial charge is 0.273 e. The second kappa shape index (κ2) is 8.27. The molecular formula is C18H28N4O2S. The minimum Gasteiger partial charge on any atom is -0.338 e. The van der Waals surface area contributed by atoms with Crippen LogP contribution in [0.1, 0.15) is 53.5 Å². The van der Waals surface area contributed by atoms with Gasteiger partial charge in [0.05, 0.1) is 11.6 Å². The fraction of sp³-hybridized carbons (Fsp3) is 0.722. The maximum Gasteiger partial charge on any atom is 0.273 e. The number of thiazole rings is 1. The number of hydrogen-bond acceptors (Lipinski definition) is 5. The van der Waals surface area contributed by atoms with Crippen molar-refractivity contribution in [3.8, 4) is 0 Å². The molecule has 2 fully saturated rings. The summed E-state index contributed by atoms with van der Waals surface area (Å²) in [5.74, 6) is 0.684. The molecule has 1 aliphatic heterocycles. The molecule has 2 aliphatic rings. The summed E-state index contributed by atoms with van der Waals surface area (Å²) < 4.78 is 0. The van der Waals surface area contributed by atoms with Crippen molar-refractivity contribution >= 4 is 23.2 Å². The standard InChI is InChI=1S/C18H28N4O2S/c1-20(2)12-16(23)21-8-10-22(11-9-21)18(24)15-13-25-17(19-15)14-6-4-3-5-7-14/h13-14H,3-12H2,1-2H3. The Kier molecular flexibility index (Phi) is 6.06. The first-order valence-corrected chi connectivity index (χ1v) is 10.1. The number of piperazine rings is 1. The molecular weight excluding hydrogens is 336 g/mol. The Morgan fingerprint density at radius 1 is 1.12 bits per heavy atom. The van der Waals surface area contributed by atoms with Crippen LogP contribution in [0, 0.1) is 0 Å². The quantitative estimate of drug-likeness (QED) is 0.820. The van der Waals surface area contributed by atoms with Crippen LogP contribution in [0.2, 0.25) is 0 Å².